The van der Waals surface area contributed by atoms with Gasteiger partial charge in [0.2, 0.25) is 0 Å². The average molecular weight is 450 g/mol. The average Bonchev–Trinajstić information content (AvgIpc) is 3.11. The second-order valence-corrected chi connectivity index (χ2v) is 8.41. The van der Waals surface area contributed by atoms with E-state index in [-0.39, 0.29) is 20.9 Å². The van der Waals surface area contributed by atoms with Gasteiger partial charge in [0.1, 0.15) is 0 Å². The van der Waals surface area contributed by atoms with Crippen molar-refractivity contribution < 1.29 is 9.59 Å². The molecule has 0 aliphatic rings. The van der Waals surface area contributed by atoms with Crippen LogP contribution in [-0.2, 0) is 0 Å². The van der Waals surface area contributed by atoms with E-state index in [4.69, 9.17) is 5.73 Å². The van der Waals surface area contributed by atoms with Crippen LogP contribution in [0.1, 0.15) is 20.7 Å². The van der Waals surface area contributed by atoms with Crippen LogP contribution in [-0.4, -0.2) is 48.4 Å². The van der Waals surface area contributed by atoms with E-state index in [2.05, 4.69) is 15.3 Å². The van der Waals surface area contributed by atoms with Crippen LogP contribution < -0.4 is 20.1 Å². The number of fused-ring (bicyclic) bond motifs is 1. The molecular weight excluding hydrogens is 433 g/mol. The summed E-state index contributed by atoms with van der Waals surface area (Å²) in [7, 11) is 1.60. The summed E-state index contributed by atoms with van der Waals surface area (Å²) in [5.41, 5.74) is 7.52. The summed E-state index contributed by atoms with van der Waals surface area (Å²) in [6.07, 6.45) is 3.36. The van der Waals surface area contributed by atoms with Crippen molar-refractivity contribution in [2.75, 3.05) is 7.05 Å². The number of nitrogens with zero attached hydrogens (tertiary/aromatic N) is 3. The predicted molar refractivity (Wildman–Crippen MR) is 112 cm³/mol. The summed E-state index contributed by atoms with van der Waals surface area (Å²) in [5, 5.41) is 3.54. The Morgan fingerprint density at radius 3 is 2.52 bits per heavy atom. The third-order valence-corrected chi connectivity index (χ3v) is 6.65. The molecule has 0 aliphatic carbocycles. The van der Waals surface area contributed by atoms with Gasteiger partial charge in [-0.1, -0.05) is 0 Å². The first-order valence-corrected chi connectivity index (χ1v) is 10.5. The van der Waals surface area contributed by atoms with Crippen LogP contribution in [0.5, 0.6) is 0 Å². The van der Waals surface area contributed by atoms with Gasteiger partial charge in [-0.25, -0.2) is 0 Å². The predicted octanol–water partition coefficient (Wildman–Crippen LogP) is 0.534. The van der Waals surface area contributed by atoms with Crippen molar-refractivity contribution in [3.05, 3.63) is 78.1 Å². The fourth-order valence-electron chi connectivity index (χ4n) is 3.04. The molecule has 0 bridgehead atoms. The molecule has 144 valence electrons. The monoisotopic (exact) mass is 451 g/mol. The molecule has 0 fully saturated rings. The summed E-state index contributed by atoms with van der Waals surface area (Å²) in [6.45, 7) is 0. The van der Waals surface area contributed by atoms with E-state index in [9.17, 15) is 9.59 Å². The number of carbonyl (C=O) groups excluding carboxylic acids is 2. The Morgan fingerprint density at radius 2 is 1.79 bits per heavy atom. The second kappa shape index (κ2) is 7.87. The number of carbonyl (C=O) groups is 2. The molecule has 4 aromatic rings. The first-order valence-electron chi connectivity index (χ1n) is 8.80. The van der Waals surface area contributed by atoms with Gasteiger partial charge in [-0.05, 0) is 0 Å². The zero-order chi connectivity index (χ0) is 20.4. The molecule has 0 saturated carbocycles. The Kier molecular flexibility index (Phi) is 5.12. The Labute approximate surface area is 173 Å². The summed E-state index contributed by atoms with van der Waals surface area (Å²) in [4.78, 5) is 32.7. The van der Waals surface area contributed by atoms with Gasteiger partial charge in [-0.3, -0.25) is 0 Å². The molecule has 2 heterocycles. The number of hydrogen-bond donors (Lipinski definition) is 2. The molecule has 2 amide bonds. The van der Waals surface area contributed by atoms with Gasteiger partial charge in [-0.2, -0.15) is 0 Å². The van der Waals surface area contributed by atoms with Gasteiger partial charge in [-0.15, -0.1) is 0 Å². The molecule has 2 aromatic heterocycles. The second-order valence-electron chi connectivity index (χ2n) is 6.18. The van der Waals surface area contributed by atoms with E-state index in [1.807, 2.05) is 34.9 Å². The molecule has 29 heavy (non-hydrogen) atoms. The van der Waals surface area contributed by atoms with Gasteiger partial charge in [0.15, 0.2) is 0 Å². The first kappa shape index (κ1) is 18.9. The standard InChI is InChI=1S/C21H17N5O2Se/c1-23-20(28)13-7-8-16-14(11-13)12-18(26(16)21-24-9-4-10-25-21)29-17-6-3-2-5-15(17)19(22)27/h2-12H,1H3,(H2,22,27)(H,23,28). The van der Waals surface area contributed by atoms with E-state index < -0.39 is 5.91 Å². The normalized spacial score (nSPS) is 10.8. The molecule has 0 saturated heterocycles. The summed E-state index contributed by atoms with van der Waals surface area (Å²) in [6, 6.07) is 16.6. The molecule has 2 aromatic carbocycles. The molecule has 4 rings (SSSR count). The molecule has 0 spiro atoms. The van der Waals surface area contributed by atoms with Crippen LogP contribution >= 0.6 is 0 Å². The van der Waals surface area contributed by atoms with Gasteiger partial charge >= 0.3 is 173 Å². The topological polar surface area (TPSA) is 103 Å². The van der Waals surface area contributed by atoms with E-state index in [0.717, 1.165) is 20.0 Å². The number of hydrogen-bond acceptors (Lipinski definition) is 4. The third-order valence-electron chi connectivity index (χ3n) is 4.38. The van der Waals surface area contributed by atoms with Gasteiger partial charge in [0.05, 0.1) is 0 Å². The van der Waals surface area contributed by atoms with E-state index >= 15 is 0 Å². The van der Waals surface area contributed by atoms with Crippen LogP contribution in [0.3, 0.4) is 0 Å². The minimum absolute atomic E-state index is 0.151. The number of amides is 2. The van der Waals surface area contributed by atoms with Crippen molar-refractivity contribution in [3.8, 4) is 5.95 Å². The Balaban J connectivity index is 1.90. The minimum atomic E-state index is -0.456. The number of benzene rings is 2. The zero-order valence-electron chi connectivity index (χ0n) is 15.5. The Hall–Kier alpha value is -3.48. The molecule has 0 unspecified atom stereocenters. The molecule has 0 radical (unpaired) electrons. The zero-order valence-corrected chi connectivity index (χ0v) is 17.2. The number of rotatable bonds is 5. The van der Waals surface area contributed by atoms with Crippen molar-refractivity contribution >= 4 is 46.7 Å². The van der Waals surface area contributed by atoms with Crippen LogP contribution in [0.15, 0.2) is 67.0 Å². The van der Waals surface area contributed by atoms with E-state index in [0.29, 0.717) is 17.1 Å². The Bertz CT molecular complexity index is 1220. The molecule has 7 nitrogen and oxygen atoms in total. The third kappa shape index (κ3) is 3.63. The van der Waals surface area contributed by atoms with Crippen molar-refractivity contribution in [2.45, 2.75) is 0 Å². The van der Waals surface area contributed by atoms with Crippen molar-refractivity contribution in [1.82, 2.24) is 19.9 Å². The summed E-state index contributed by atoms with van der Waals surface area (Å²) < 4.78 is 3.78. The van der Waals surface area contributed by atoms with Crippen molar-refractivity contribution in [2.24, 2.45) is 5.73 Å². The molecule has 3 N–H and O–H groups in total. The fraction of sp³-hybridized carbons (Fsp3) is 0.0476. The first-order chi connectivity index (χ1) is 14.1. The quantitative estimate of drug-likeness (QED) is 0.433. The maximum atomic E-state index is 12.0. The summed E-state index contributed by atoms with van der Waals surface area (Å²) >= 11 is -0.239. The summed E-state index contributed by atoms with van der Waals surface area (Å²) in [5.74, 6) is -0.0756. The van der Waals surface area contributed by atoms with Crippen LogP contribution in [0.2, 0.25) is 0 Å². The van der Waals surface area contributed by atoms with Crippen LogP contribution in [0, 0.1) is 0 Å². The molecular formula is C21H17N5O2Se. The van der Waals surface area contributed by atoms with Crippen molar-refractivity contribution in [1.29, 1.82) is 0 Å². The number of nitrogens with two attached hydrogens (primary N) is 1. The van der Waals surface area contributed by atoms with Gasteiger partial charge < -0.3 is 0 Å². The Morgan fingerprint density at radius 1 is 1.03 bits per heavy atom. The number of primary amides is 1. The van der Waals surface area contributed by atoms with Gasteiger partial charge in [0.25, 0.3) is 0 Å². The van der Waals surface area contributed by atoms with Crippen LogP contribution in [0.25, 0.3) is 16.9 Å². The van der Waals surface area contributed by atoms with Crippen molar-refractivity contribution in [3.63, 3.8) is 0 Å². The number of nitrogens with one attached hydrogen (secondary N) is 1. The molecule has 0 aliphatic heterocycles. The fourth-order valence-corrected chi connectivity index (χ4v) is 5.36. The van der Waals surface area contributed by atoms with E-state index in [1.165, 1.54) is 0 Å². The van der Waals surface area contributed by atoms with E-state index in [1.54, 1.807) is 43.7 Å². The maximum absolute atomic E-state index is 12.0. The molecule has 8 heteroatoms. The number of aromatic nitrogens is 3. The SMILES string of the molecule is CNC(=O)c1ccc2c(c1)cc([Se]c1ccccc1C(N)=O)n2-c1ncccn1. The molecule has 0 atom stereocenters. The van der Waals surface area contributed by atoms with Gasteiger partial charge in [0, 0.05) is 0 Å². The van der Waals surface area contributed by atoms with Crippen LogP contribution in [0.4, 0.5) is 0 Å².